The molecule has 1 aliphatic carbocycles. The lowest BCUT2D eigenvalue weighted by atomic mass is 10.1. The van der Waals surface area contributed by atoms with Crippen LogP contribution >= 0.6 is 0 Å². The molecule has 2 fully saturated rings. The minimum atomic E-state index is 0.275. The molecule has 3 rings (SSSR count). The number of amides is 1. The number of nitrogens with zero attached hydrogens (tertiary/aromatic N) is 5. The second kappa shape index (κ2) is 9.54. The van der Waals surface area contributed by atoms with Gasteiger partial charge in [0.15, 0.2) is 5.96 Å². The van der Waals surface area contributed by atoms with Crippen molar-refractivity contribution in [1.29, 1.82) is 0 Å². The van der Waals surface area contributed by atoms with Gasteiger partial charge in [-0.2, -0.15) is 0 Å². The van der Waals surface area contributed by atoms with Gasteiger partial charge in [-0.25, -0.2) is 0 Å². The molecule has 1 saturated carbocycles. The second-order valence-corrected chi connectivity index (χ2v) is 7.30. The normalized spacial score (nSPS) is 21.3. The lowest BCUT2D eigenvalue weighted by Crippen LogP contribution is -2.45. The molecule has 26 heavy (non-hydrogen) atoms. The maximum Gasteiger partial charge on any atom is 0.225 e. The largest absolute Gasteiger partial charge is 0.356 e. The summed E-state index contributed by atoms with van der Waals surface area (Å²) in [6, 6.07) is 0.295. The van der Waals surface area contributed by atoms with Crippen LogP contribution in [0, 0.1) is 5.92 Å². The summed E-state index contributed by atoms with van der Waals surface area (Å²) in [5.74, 6) is 1.47. The summed E-state index contributed by atoms with van der Waals surface area (Å²) in [6.45, 7) is 3.47. The van der Waals surface area contributed by atoms with E-state index in [1.165, 1.54) is 12.8 Å². The predicted octanol–water partition coefficient (Wildman–Crippen LogP) is 1.01. The lowest BCUT2D eigenvalue weighted by Gasteiger charge is -2.21. The highest BCUT2D eigenvalue weighted by molar-refractivity contribution is 5.81. The molecule has 8 nitrogen and oxygen atoms in total. The van der Waals surface area contributed by atoms with Crippen molar-refractivity contribution in [3.8, 4) is 0 Å². The van der Waals surface area contributed by atoms with Gasteiger partial charge in [-0.1, -0.05) is 12.8 Å². The van der Waals surface area contributed by atoms with Crippen molar-refractivity contribution >= 4 is 11.9 Å². The van der Waals surface area contributed by atoms with E-state index in [9.17, 15) is 4.79 Å². The monoisotopic (exact) mass is 361 g/mol. The van der Waals surface area contributed by atoms with Crippen molar-refractivity contribution in [2.45, 2.75) is 57.5 Å². The molecule has 1 aromatic rings. The van der Waals surface area contributed by atoms with E-state index in [2.05, 4.69) is 25.8 Å². The van der Waals surface area contributed by atoms with E-state index >= 15 is 0 Å². The van der Waals surface area contributed by atoms with E-state index in [1.54, 1.807) is 19.7 Å². The number of aromatic nitrogens is 3. The Balaban J connectivity index is 1.32. The maximum atomic E-state index is 12.5. The zero-order valence-electron chi connectivity index (χ0n) is 15.7. The van der Waals surface area contributed by atoms with Gasteiger partial charge in [0, 0.05) is 45.2 Å². The fourth-order valence-electron chi connectivity index (χ4n) is 3.86. The lowest BCUT2D eigenvalue weighted by molar-refractivity contribution is -0.134. The Morgan fingerprint density at radius 3 is 2.69 bits per heavy atom. The van der Waals surface area contributed by atoms with Gasteiger partial charge in [0.1, 0.15) is 12.7 Å². The molecule has 2 N–H and O–H groups in total. The number of guanidine groups is 1. The number of carbonyl (C=O) groups is 1. The van der Waals surface area contributed by atoms with E-state index in [1.807, 2.05) is 9.47 Å². The number of hydrogen-bond acceptors (Lipinski definition) is 4. The molecule has 8 heteroatoms. The third-order valence-corrected chi connectivity index (χ3v) is 5.37. The first-order valence-corrected chi connectivity index (χ1v) is 9.84. The molecular formula is C18H31N7O. The van der Waals surface area contributed by atoms with Crippen molar-refractivity contribution < 1.29 is 4.79 Å². The van der Waals surface area contributed by atoms with Crippen LogP contribution in [0.4, 0.5) is 0 Å². The van der Waals surface area contributed by atoms with Crippen LogP contribution in [0.2, 0.25) is 0 Å². The van der Waals surface area contributed by atoms with Crippen LogP contribution in [-0.2, 0) is 11.3 Å². The molecular weight excluding hydrogens is 330 g/mol. The maximum absolute atomic E-state index is 12.5. The Labute approximate surface area is 155 Å². The number of rotatable bonds is 7. The smallest absolute Gasteiger partial charge is 0.225 e. The highest BCUT2D eigenvalue weighted by atomic mass is 16.2. The molecule has 1 unspecified atom stereocenters. The first-order chi connectivity index (χ1) is 12.8. The summed E-state index contributed by atoms with van der Waals surface area (Å²) in [5.41, 5.74) is 0. The van der Waals surface area contributed by atoms with Crippen LogP contribution in [0.25, 0.3) is 0 Å². The number of unbranched alkanes of at least 4 members (excludes halogenated alkanes) is 1. The summed E-state index contributed by atoms with van der Waals surface area (Å²) >= 11 is 0. The highest BCUT2D eigenvalue weighted by Crippen LogP contribution is 2.27. The van der Waals surface area contributed by atoms with Gasteiger partial charge in [-0.15, -0.1) is 10.2 Å². The topological polar surface area (TPSA) is 87.4 Å². The summed E-state index contributed by atoms with van der Waals surface area (Å²) in [6.07, 6.45) is 11.2. The van der Waals surface area contributed by atoms with Crippen LogP contribution in [0.5, 0.6) is 0 Å². The van der Waals surface area contributed by atoms with Gasteiger partial charge in [0.25, 0.3) is 0 Å². The fourth-order valence-corrected chi connectivity index (χ4v) is 3.86. The van der Waals surface area contributed by atoms with Gasteiger partial charge in [0.05, 0.1) is 0 Å². The average Bonchev–Trinajstić information content (AvgIpc) is 3.42. The van der Waals surface area contributed by atoms with Crippen molar-refractivity contribution in [2.24, 2.45) is 10.9 Å². The quantitative estimate of drug-likeness (QED) is 0.430. The number of aryl methyl sites for hydroxylation is 1. The zero-order valence-corrected chi connectivity index (χ0v) is 15.7. The molecule has 1 saturated heterocycles. The van der Waals surface area contributed by atoms with Crippen LogP contribution in [0.15, 0.2) is 17.6 Å². The van der Waals surface area contributed by atoms with Crippen molar-refractivity contribution in [1.82, 2.24) is 30.3 Å². The Morgan fingerprint density at radius 1 is 1.19 bits per heavy atom. The zero-order chi connectivity index (χ0) is 18.2. The first-order valence-electron chi connectivity index (χ1n) is 9.84. The molecule has 2 aliphatic rings. The molecule has 2 heterocycles. The van der Waals surface area contributed by atoms with Crippen molar-refractivity contribution in [3.63, 3.8) is 0 Å². The molecule has 1 aliphatic heterocycles. The predicted molar refractivity (Wildman–Crippen MR) is 101 cm³/mol. The summed E-state index contributed by atoms with van der Waals surface area (Å²) < 4.78 is 1.99. The Kier molecular flexibility index (Phi) is 6.85. The minimum absolute atomic E-state index is 0.275. The standard InChI is InChI=1S/C18H31N7O/c1-19-18(20-9-4-5-10-24-13-21-22-14-24)23-16-8-11-25(12-16)17(26)15-6-2-3-7-15/h13-16H,2-12H2,1H3,(H2,19,20,23). The van der Waals surface area contributed by atoms with Gasteiger partial charge in [-0.3, -0.25) is 9.79 Å². The summed E-state index contributed by atoms with van der Waals surface area (Å²) in [5, 5.41) is 14.4. The molecule has 1 atom stereocenters. The summed E-state index contributed by atoms with van der Waals surface area (Å²) in [4.78, 5) is 18.9. The second-order valence-electron chi connectivity index (χ2n) is 7.30. The van der Waals surface area contributed by atoms with Crippen molar-refractivity contribution in [2.75, 3.05) is 26.7 Å². The highest BCUT2D eigenvalue weighted by Gasteiger charge is 2.32. The Bertz CT molecular complexity index is 580. The van der Waals surface area contributed by atoms with E-state index in [4.69, 9.17) is 0 Å². The van der Waals surface area contributed by atoms with Gasteiger partial charge in [-0.05, 0) is 32.1 Å². The van der Waals surface area contributed by atoms with E-state index in [-0.39, 0.29) is 5.92 Å². The third-order valence-electron chi connectivity index (χ3n) is 5.37. The van der Waals surface area contributed by atoms with Crippen LogP contribution in [0.3, 0.4) is 0 Å². The van der Waals surface area contributed by atoms with E-state index in [0.717, 1.165) is 64.2 Å². The molecule has 0 radical (unpaired) electrons. The summed E-state index contributed by atoms with van der Waals surface area (Å²) in [7, 11) is 1.79. The number of hydrogen-bond donors (Lipinski definition) is 2. The van der Waals surface area contributed by atoms with E-state index in [0.29, 0.717) is 11.9 Å². The van der Waals surface area contributed by atoms with Crippen LogP contribution in [0.1, 0.15) is 44.9 Å². The Morgan fingerprint density at radius 2 is 1.96 bits per heavy atom. The fraction of sp³-hybridized carbons (Fsp3) is 0.778. The van der Waals surface area contributed by atoms with Gasteiger partial charge in [0.2, 0.25) is 5.91 Å². The molecule has 144 valence electrons. The van der Waals surface area contributed by atoms with Crippen LogP contribution < -0.4 is 10.6 Å². The van der Waals surface area contributed by atoms with Crippen molar-refractivity contribution in [3.05, 3.63) is 12.7 Å². The SMILES string of the molecule is CN=C(NCCCCn1cnnc1)NC1CCN(C(=O)C2CCCC2)C1. The molecule has 1 amide bonds. The third kappa shape index (κ3) is 5.19. The van der Waals surface area contributed by atoms with Gasteiger partial charge < -0.3 is 20.1 Å². The van der Waals surface area contributed by atoms with Crippen LogP contribution in [-0.4, -0.2) is 64.3 Å². The number of carbonyl (C=O) groups excluding carboxylic acids is 1. The van der Waals surface area contributed by atoms with E-state index < -0.39 is 0 Å². The number of likely N-dealkylation sites (tertiary alicyclic amines) is 1. The first kappa shape index (κ1) is 18.7. The van der Waals surface area contributed by atoms with Gasteiger partial charge >= 0.3 is 0 Å². The molecule has 0 bridgehead atoms. The Hall–Kier alpha value is -2.12. The molecule has 0 spiro atoms. The molecule has 1 aromatic heterocycles. The molecule has 0 aromatic carbocycles. The average molecular weight is 361 g/mol. The minimum Gasteiger partial charge on any atom is -0.356 e. The number of nitrogens with one attached hydrogen (secondary N) is 2. The number of aliphatic imine (C=N–C) groups is 1.